The van der Waals surface area contributed by atoms with Crippen molar-refractivity contribution in [2.75, 3.05) is 32.5 Å². The normalized spacial score (nSPS) is 10.9. The second-order valence-electron chi connectivity index (χ2n) is 14.0. The number of nitro groups is 2. The van der Waals surface area contributed by atoms with Gasteiger partial charge in [-0.2, -0.15) is 0 Å². The summed E-state index contributed by atoms with van der Waals surface area (Å²) in [6, 6.07) is 20.2. The molecule has 2 heterocycles. The van der Waals surface area contributed by atoms with Gasteiger partial charge in [-0.25, -0.2) is 4.98 Å². The van der Waals surface area contributed by atoms with Crippen LogP contribution in [0, 0.1) is 32.1 Å². The Labute approximate surface area is 348 Å². The largest absolute Gasteiger partial charge is 0.493 e. The van der Waals surface area contributed by atoms with E-state index in [0.29, 0.717) is 39.7 Å². The van der Waals surface area contributed by atoms with Crippen LogP contribution in [0.25, 0.3) is 11.0 Å². The third-order valence-electron chi connectivity index (χ3n) is 8.05. The number of fused-ring (bicyclic) bond motifs is 1. The van der Waals surface area contributed by atoms with Gasteiger partial charge in [-0.05, 0) is 36.5 Å². The quantitative estimate of drug-likeness (QED) is 0.0518. The lowest BCUT2D eigenvalue weighted by Crippen LogP contribution is -2.14. The van der Waals surface area contributed by atoms with Crippen molar-refractivity contribution in [3.8, 4) is 11.5 Å². The van der Waals surface area contributed by atoms with E-state index in [9.17, 15) is 25.0 Å². The molecule has 0 saturated heterocycles. The highest BCUT2D eigenvalue weighted by Crippen LogP contribution is 2.37. The molecule has 14 nitrogen and oxygen atoms in total. The number of oxime groups is 1. The van der Waals surface area contributed by atoms with Gasteiger partial charge in [0.2, 0.25) is 5.91 Å². The number of carbonyl (C=O) groups is 1. The first-order valence-electron chi connectivity index (χ1n) is 18.5. The molecule has 5 aromatic rings. The predicted molar refractivity (Wildman–Crippen MR) is 232 cm³/mol. The standard InChI is InChI=1S/C11H15NO4.C11H12O.C10H14ClN3O2S.C10H13NO2/c1-7(2)8-5-10(15-3)11(16-4)6-9(8)12(13)14;1-8(2)11-7-9-5-3-4-6-10(9)12-11;1-6(2)9(14-16-3)7-5-17-10(12-7)13-8(15)4-11;1-8(2)7-9-5-3-4-6-10(9)11(12)13/h5-7H,1-4H3;3-8H,1-2H3;5-6H,4H2,1-3H3,(H,12,13,15);3-6,8H,7H2,1-2H3/b;;14-9+;. The van der Waals surface area contributed by atoms with E-state index in [0.717, 1.165) is 29.0 Å². The van der Waals surface area contributed by atoms with Crippen LogP contribution in [0.15, 0.2) is 81.7 Å². The Morgan fingerprint density at radius 1 is 0.862 bits per heavy atom. The van der Waals surface area contributed by atoms with Gasteiger partial charge in [-0.3, -0.25) is 25.0 Å². The summed E-state index contributed by atoms with van der Waals surface area (Å²) in [6.45, 7) is 16.2. The second kappa shape index (κ2) is 24.3. The number of furan rings is 1. The molecule has 1 amide bonds. The average Bonchev–Trinajstić information content (AvgIpc) is 3.84. The minimum Gasteiger partial charge on any atom is -0.493 e. The van der Waals surface area contributed by atoms with Gasteiger partial charge in [0, 0.05) is 39.8 Å². The number of alkyl halides is 1. The van der Waals surface area contributed by atoms with E-state index in [1.54, 1.807) is 18.2 Å². The number of anilines is 1. The van der Waals surface area contributed by atoms with Crippen LogP contribution in [0.4, 0.5) is 16.5 Å². The summed E-state index contributed by atoms with van der Waals surface area (Å²) in [5.41, 5.74) is 4.20. The number of para-hydroxylation sites is 2. The van der Waals surface area contributed by atoms with Crippen molar-refractivity contribution in [3.63, 3.8) is 0 Å². The molecule has 5 rings (SSSR count). The summed E-state index contributed by atoms with van der Waals surface area (Å²) in [4.78, 5) is 40.9. The summed E-state index contributed by atoms with van der Waals surface area (Å²) in [5.74, 6) is 2.75. The van der Waals surface area contributed by atoms with Crippen LogP contribution in [-0.4, -0.2) is 53.7 Å². The van der Waals surface area contributed by atoms with Crippen molar-refractivity contribution in [3.05, 3.63) is 115 Å². The fourth-order valence-electron chi connectivity index (χ4n) is 5.24. The number of hydrogen-bond donors (Lipinski definition) is 1. The molecule has 1 N–H and O–H groups in total. The SMILES string of the molecule is CC(C)Cc1ccccc1[N+](=O)[O-].CC(C)c1cc2ccccc2o1.CO/N=C(/c1csc(NC(=O)CCl)n1)C(C)C.COc1cc(C(C)C)c([N+](=O)[O-])cc1OC. The van der Waals surface area contributed by atoms with Crippen molar-refractivity contribution in [2.24, 2.45) is 17.0 Å². The maximum atomic E-state index is 11.1. The Morgan fingerprint density at radius 2 is 1.47 bits per heavy atom. The lowest BCUT2D eigenvalue weighted by Gasteiger charge is -2.12. The second-order valence-corrected chi connectivity index (χ2v) is 15.2. The van der Waals surface area contributed by atoms with Gasteiger partial charge in [0.15, 0.2) is 16.6 Å². The van der Waals surface area contributed by atoms with Crippen LogP contribution in [0.1, 0.15) is 89.8 Å². The number of halogens is 1. The fourth-order valence-corrected chi connectivity index (χ4v) is 6.03. The molecule has 3 aromatic carbocycles. The van der Waals surface area contributed by atoms with Crippen LogP contribution in [0.5, 0.6) is 11.5 Å². The van der Waals surface area contributed by atoms with Crippen molar-refractivity contribution >= 4 is 62.0 Å². The molecule has 0 aliphatic heterocycles. The van der Waals surface area contributed by atoms with E-state index in [4.69, 9.17) is 30.3 Å². The molecule has 0 aliphatic carbocycles. The molecule has 0 unspecified atom stereocenters. The van der Waals surface area contributed by atoms with E-state index < -0.39 is 4.92 Å². The Morgan fingerprint density at radius 3 is 1.98 bits per heavy atom. The fraction of sp³-hybridized carbons (Fsp3) is 0.405. The maximum absolute atomic E-state index is 11.1. The number of nitrogens with zero attached hydrogens (tertiary/aromatic N) is 4. The molecule has 0 spiro atoms. The third kappa shape index (κ3) is 15.1. The van der Waals surface area contributed by atoms with Gasteiger partial charge in [0.05, 0.1) is 30.1 Å². The van der Waals surface area contributed by atoms with Crippen LogP contribution < -0.4 is 14.8 Å². The van der Waals surface area contributed by atoms with Crippen molar-refractivity contribution in [1.29, 1.82) is 0 Å². The number of aromatic nitrogens is 1. The predicted octanol–water partition coefficient (Wildman–Crippen LogP) is 11.4. The van der Waals surface area contributed by atoms with E-state index in [1.807, 2.05) is 63.4 Å². The number of thiazole rings is 1. The Balaban J connectivity index is 0.000000269. The summed E-state index contributed by atoms with van der Waals surface area (Å²) in [6.07, 6.45) is 0.761. The molecular weight excluding hydrogens is 786 g/mol. The third-order valence-corrected chi connectivity index (χ3v) is 9.05. The molecule has 0 bridgehead atoms. The monoisotopic (exact) mass is 839 g/mol. The van der Waals surface area contributed by atoms with E-state index >= 15 is 0 Å². The number of nitrogens with one attached hydrogen (secondary N) is 1. The van der Waals surface area contributed by atoms with E-state index in [-0.39, 0.29) is 39.9 Å². The van der Waals surface area contributed by atoms with Crippen LogP contribution in [0.3, 0.4) is 0 Å². The molecule has 0 fully saturated rings. The van der Waals surface area contributed by atoms with Gasteiger partial charge in [-0.15, -0.1) is 22.9 Å². The molecule has 2 aromatic heterocycles. The molecule has 0 radical (unpaired) electrons. The first-order chi connectivity index (χ1) is 27.5. The summed E-state index contributed by atoms with van der Waals surface area (Å²) >= 11 is 6.72. The number of hydrogen-bond acceptors (Lipinski definition) is 12. The number of benzene rings is 3. The highest BCUT2D eigenvalue weighted by molar-refractivity contribution is 7.14. The minimum atomic E-state index is -0.405. The minimum absolute atomic E-state index is 0.0557. The average molecular weight is 840 g/mol. The Kier molecular flexibility index (Phi) is 20.3. The maximum Gasteiger partial charge on any atom is 0.276 e. The highest BCUT2D eigenvalue weighted by Gasteiger charge is 2.21. The first-order valence-corrected chi connectivity index (χ1v) is 19.9. The smallest absolute Gasteiger partial charge is 0.276 e. The van der Waals surface area contributed by atoms with Crippen LogP contribution >= 0.6 is 22.9 Å². The molecule has 0 aliphatic rings. The molecule has 0 saturated carbocycles. The van der Waals surface area contributed by atoms with Gasteiger partial charge in [0.1, 0.15) is 35.7 Å². The molecular formula is C42H54ClN5O9S. The topological polar surface area (TPSA) is 181 Å². The number of carbonyl (C=O) groups excluding carboxylic acids is 1. The molecule has 314 valence electrons. The van der Waals surface area contributed by atoms with Crippen LogP contribution in [0.2, 0.25) is 0 Å². The van der Waals surface area contributed by atoms with E-state index in [2.05, 4.69) is 55.3 Å². The lowest BCUT2D eigenvalue weighted by molar-refractivity contribution is -0.385. The summed E-state index contributed by atoms with van der Waals surface area (Å²) in [7, 11) is 4.45. The Hall–Kier alpha value is -5.54. The highest BCUT2D eigenvalue weighted by atomic mass is 35.5. The first kappa shape index (κ1) is 48.6. The number of amides is 1. The van der Waals surface area contributed by atoms with Crippen molar-refractivity contribution in [2.45, 2.75) is 73.6 Å². The van der Waals surface area contributed by atoms with Gasteiger partial charge >= 0.3 is 0 Å². The zero-order valence-electron chi connectivity index (χ0n) is 34.9. The lowest BCUT2D eigenvalue weighted by atomic mass is 10.0. The van der Waals surface area contributed by atoms with Gasteiger partial charge in [0.25, 0.3) is 11.4 Å². The van der Waals surface area contributed by atoms with E-state index in [1.165, 1.54) is 44.1 Å². The zero-order valence-corrected chi connectivity index (χ0v) is 36.5. The molecule has 0 atom stereocenters. The Bertz CT molecular complexity index is 2080. The number of ether oxygens (including phenoxy) is 2. The van der Waals surface area contributed by atoms with Gasteiger partial charge < -0.3 is 24.0 Å². The number of nitro benzene ring substituents is 2. The number of methoxy groups -OCH3 is 2. The van der Waals surface area contributed by atoms with Gasteiger partial charge in [-0.1, -0.05) is 96.9 Å². The molecule has 58 heavy (non-hydrogen) atoms. The molecule has 16 heteroatoms. The van der Waals surface area contributed by atoms with Crippen molar-refractivity contribution in [1.82, 2.24) is 4.98 Å². The summed E-state index contributed by atoms with van der Waals surface area (Å²) < 4.78 is 15.8. The van der Waals surface area contributed by atoms with Crippen LogP contribution in [-0.2, 0) is 16.1 Å². The number of rotatable bonds is 13. The van der Waals surface area contributed by atoms with Crippen molar-refractivity contribution < 1.29 is 33.4 Å². The zero-order chi connectivity index (χ0) is 43.5. The summed E-state index contributed by atoms with van der Waals surface area (Å²) in [5, 5.41) is 31.6.